The Morgan fingerprint density at radius 3 is 2.50 bits per heavy atom. The fourth-order valence-electron chi connectivity index (χ4n) is 1.20. The molecule has 7 heteroatoms. The summed E-state index contributed by atoms with van der Waals surface area (Å²) < 4.78 is 50.1. The Morgan fingerprint density at radius 1 is 1.38 bits per heavy atom. The first-order valence-corrected chi connectivity index (χ1v) is 4.16. The van der Waals surface area contributed by atoms with Crippen molar-refractivity contribution in [2.24, 2.45) is 10.9 Å². The number of nitrogens with two attached hydrogens (primary N) is 1. The molecule has 0 spiro atoms. The van der Waals surface area contributed by atoms with E-state index in [-0.39, 0.29) is 11.4 Å². The molecule has 0 aliphatic heterocycles. The zero-order chi connectivity index (χ0) is 12.3. The highest BCUT2D eigenvalue weighted by Gasteiger charge is 2.33. The van der Waals surface area contributed by atoms with Gasteiger partial charge < -0.3 is 10.9 Å². The third-order valence-corrected chi connectivity index (χ3v) is 1.88. The molecule has 0 bridgehead atoms. The molecule has 0 unspecified atom stereocenters. The quantitative estimate of drug-likeness (QED) is 0.272. The average Bonchev–Trinajstić information content (AvgIpc) is 2.19. The van der Waals surface area contributed by atoms with Crippen LogP contribution in [-0.4, -0.2) is 11.0 Å². The monoisotopic (exact) mass is 236 g/mol. The number of nitrogens with zero attached hydrogens (tertiary/aromatic N) is 1. The average molecular weight is 236 g/mol. The van der Waals surface area contributed by atoms with Crippen molar-refractivity contribution in [3.63, 3.8) is 0 Å². The van der Waals surface area contributed by atoms with Gasteiger partial charge in [-0.2, -0.15) is 13.2 Å². The van der Waals surface area contributed by atoms with Gasteiger partial charge in [-0.1, -0.05) is 11.2 Å². The molecule has 0 aromatic heterocycles. The summed E-state index contributed by atoms with van der Waals surface area (Å²) in [6.07, 6.45) is -5.07. The standard InChI is InChI=1S/C9H8F4N2O/c10-6-2-1-5(3-8(14)15-16)7(4-6)9(11,12)13/h1-2,4,16H,3H2,(H2,14,15). The van der Waals surface area contributed by atoms with Crippen LogP contribution in [0.15, 0.2) is 23.4 Å². The Balaban J connectivity index is 3.18. The van der Waals surface area contributed by atoms with Crippen molar-refractivity contribution >= 4 is 5.84 Å². The van der Waals surface area contributed by atoms with Gasteiger partial charge in [0.25, 0.3) is 0 Å². The van der Waals surface area contributed by atoms with Gasteiger partial charge in [0.15, 0.2) is 0 Å². The summed E-state index contributed by atoms with van der Waals surface area (Å²) in [6.45, 7) is 0. The molecular formula is C9H8F4N2O. The first kappa shape index (κ1) is 12.3. The fraction of sp³-hybridized carbons (Fsp3) is 0.222. The van der Waals surface area contributed by atoms with Crippen molar-refractivity contribution in [2.45, 2.75) is 12.6 Å². The normalized spacial score (nSPS) is 12.9. The second-order valence-electron chi connectivity index (χ2n) is 3.07. The topological polar surface area (TPSA) is 58.6 Å². The molecule has 0 heterocycles. The number of rotatable bonds is 2. The molecule has 88 valence electrons. The number of amidine groups is 1. The van der Waals surface area contributed by atoms with Gasteiger partial charge in [-0.05, 0) is 17.7 Å². The number of alkyl halides is 3. The van der Waals surface area contributed by atoms with E-state index in [1.807, 2.05) is 0 Å². The Hall–Kier alpha value is -1.79. The lowest BCUT2D eigenvalue weighted by Gasteiger charge is -2.12. The Bertz CT molecular complexity index is 414. The molecule has 1 aromatic carbocycles. The van der Waals surface area contributed by atoms with E-state index in [2.05, 4.69) is 5.16 Å². The van der Waals surface area contributed by atoms with E-state index < -0.39 is 24.0 Å². The fourth-order valence-corrected chi connectivity index (χ4v) is 1.20. The summed E-state index contributed by atoms with van der Waals surface area (Å²) >= 11 is 0. The highest BCUT2D eigenvalue weighted by molar-refractivity contribution is 5.82. The third-order valence-electron chi connectivity index (χ3n) is 1.88. The van der Waals surface area contributed by atoms with Gasteiger partial charge in [0.05, 0.1) is 5.56 Å². The van der Waals surface area contributed by atoms with Gasteiger partial charge in [-0.3, -0.25) is 0 Å². The van der Waals surface area contributed by atoms with Crippen LogP contribution in [0.5, 0.6) is 0 Å². The molecular weight excluding hydrogens is 228 g/mol. The maximum absolute atomic E-state index is 12.7. The van der Waals surface area contributed by atoms with E-state index in [4.69, 9.17) is 10.9 Å². The van der Waals surface area contributed by atoms with Crippen molar-refractivity contribution in [3.05, 3.63) is 35.1 Å². The summed E-state index contributed by atoms with van der Waals surface area (Å²) in [6, 6.07) is 2.21. The van der Waals surface area contributed by atoms with Crippen LogP contribution in [0.2, 0.25) is 0 Å². The summed E-state index contributed by atoms with van der Waals surface area (Å²) in [5, 5.41) is 10.8. The zero-order valence-corrected chi connectivity index (χ0v) is 7.92. The minimum absolute atomic E-state index is 0.246. The van der Waals surface area contributed by atoms with Crippen molar-refractivity contribution < 1.29 is 22.8 Å². The smallest absolute Gasteiger partial charge is 0.409 e. The van der Waals surface area contributed by atoms with E-state index in [1.54, 1.807) is 0 Å². The van der Waals surface area contributed by atoms with Gasteiger partial charge in [-0.15, -0.1) is 0 Å². The molecule has 3 N–H and O–H groups in total. The van der Waals surface area contributed by atoms with Crippen molar-refractivity contribution in [2.75, 3.05) is 0 Å². The van der Waals surface area contributed by atoms with Crippen LogP contribution in [-0.2, 0) is 12.6 Å². The molecule has 0 saturated heterocycles. The van der Waals surface area contributed by atoms with Gasteiger partial charge in [-0.25, -0.2) is 4.39 Å². The van der Waals surface area contributed by atoms with Gasteiger partial charge >= 0.3 is 6.18 Å². The molecule has 1 rings (SSSR count). The first-order valence-electron chi connectivity index (χ1n) is 4.16. The van der Waals surface area contributed by atoms with Crippen molar-refractivity contribution in [1.29, 1.82) is 0 Å². The molecule has 1 aromatic rings. The van der Waals surface area contributed by atoms with Gasteiger partial charge in [0, 0.05) is 6.42 Å². The van der Waals surface area contributed by atoms with Crippen LogP contribution in [0.25, 0.3) is 0 Å². The van der Waals surface area contributed by atoms with Crippen LogP contribution in [0, 0.1) is 5.82 Å². The maximum atomic E-state index is 12.7. The molecule has 0 radical (unpaired) electrons. The first-order chi connectivity index (χ1) is 7.34. The number of hydrogen-bond donors (Lipinski definition) is 2. The molecule has 0 aliphatic rings. The minimum Gasteiger partial charge on any atom is -0.409 e. The SMILES string of the molecule is N/C(Cc1ccc(F)cc1C(F)(F)F)=N/O. The summed E-state index contributed by atoms with van der Waals surface area (Å²) in [7, 11) is 0. The highest BCUT2D eigenvalue weighted by Crippen LogP contribution is 2.32. The number of halogens is 4. The van der Waals surface area contributed by atoms with E-state index >= 15 is 0 Å². The Kier molecular flexibility index (Phi) is 3.36. The van der Waals surface area contributed by atoms with Crippen LogP contribution in [0.3, 0.4) is 0 Å². The van der Waals surface area contributed by atoms with Crippen LogP contribution in [0.4, 0.5) is 17.6 Å². The second kappa shape index (κ2) is 4.38. The molecule has 16 heavy (non-hydrogen) atoms. The number of oxime groups is 1. The van der Waals surface area contributed by atoms with E-state index in [1.165, 1.54) is 0 Å². The molecule has 0 fully saturated rings. The van der Waals surface area contributed by atoms with Crippen LogP contribution in [0.1, 0.15) is 11.1 Å². The molecule has 0 saturated carbocycles. The predicted molar refractivity (Wildman–Crippen MR) is 48.5 cm³/mol. The van der Waals surface area contributed by atoms with E-state index in [9.17, 15) is 17.6 Å². The largest absolute Gasteiger partial charge is 0.416 e. The van der Waals surface area contributed by atoms with Gasteiger partial charge in [0.2, 0.25) is 0 Å². The Labute approximate surface area is 88.2 Å². The van der Waals surface area contributed by atoms with Crippen molar-refractivity contribution in [3.8, 4) is 0 Å². The number of hydrogen-bond acceptors (Lipinski definition) is 2. The lowest BCUT2D eigenvalue weighted by molar-refractivity contribution is -0.138. The van der Waals surface area contributed by atoms with Crippen molar-refractivity contribution in [1.82, 2.24) is 0 Å². The minimum atomic E-state index is -4.67. The predicted octanol–water partition coefficient (Wildman–Crippen LogP) is 2.13. The zero-order valence-electron chi connectivity index (χ0n) is 7.92. The lowest BCUT2D eigenvalue weighted by Crippen LogP contribution is -2.18. The maximum Gasteiger partial charge on any atom is 0.416 e. The molecule has 0 atom stereocenters. The summed E-state index contributed by atoms with van der Waals surface area (Å²) in [4.78, 5) is 0. The second-order valence-corrected chi connectivity index (χ2v) is 3.07. The van der Waals surface area contributed by atoms with Crippen LogP contribution < -0.4 is 5.73 Å². The lowest BCUT2D eigenvalue weighted by atomic mass is 10.0. The van der Waals surface area contributed by atoms with Crippen LogP contribution >= 0.6 is 0 Å². The highest BCUT2D eigenvalue weighted by atomic mass is 19.4. The summed E-state index contributed by atoms with van der Waals surface area (Å²) in [5.41, 5.74) is 3.72. The summed E-state index contributed by atoms with van der Waals surface area (Å²) in [5.74, 6) is -1.37. The van der Waals surface area contributed by atoms with E-state index in [0.29, 0.717) is 6.07 Å². The molecule has 3 nitrogen and oxygen atoms in total. The molecule has 0 amide bonds. The van der Waals surface area contributed by atoms with E-state index in [0.717, 1.165) is 12.1 Å². The van der Waals surface area contributed by atoms with Gasteiger partial charge in [0.1, 0.15) is 11.7 Å². The Morgan fingerprint density at radius 2 is 2.00 bits per heavy atom. The number of benzene rings is 1. The third kappa shape index (κ3) is 2.85. The molecule has 0 aliphatic carbocycles.